The molecular formula is C11H18F3N3. The second kappa shape index (κ2) is 5.08. The van der Waals surface area contributed by atoms with Crippen LogP contribution in [0.15, 0.2) is 12.3 Å². The molecule has 1 heterocycles. The first-order valence-corrected chi connectivity index (χ1v) is 5.55. The van der Waals surface area contributed by atoms with Gasteiger partial charge in [-0.3, -0.25) is 4.68 Å². The van der Waals surface area contributed by atoms with Crippen molar-refractivity contribution in [3.8, 4) is 0 Å². The van der Waals surface area contributed by atoms with E-state index in [1.54, 1.807) is 0 Å². The third kappa shape index (κ3) is 4.38. The number of rotatable bonds is 5. The molecule has 0 atom stereocenters. The van der Waals surface area contributed by atoms with Crippen LogP contribution in [0.25, 0.3) is 0 Å². The van der Waals surface area contributed by atoms with Crippen molar-refractivity contribution in [3.05, 3.63) is 18.0 Å². The summed E-state index contributed by atoms with van der Waals surface area (Å²) in [5, 5.41) is 3.49. The number of nitrogens with zero attached hydrogens (tertiary/aromatic N) is 2. The van der Waals surface area contributed by atoms with Gasteiger partial charge in [0.25, 0.3) is 0 Å². The lowest BCUT2D eigenvalue weighted by Gasteiger charge is -2.21. The Morgan fingerprint density at radius 2 is 2.00 bits per heavy atom. The molecule has 0 fully saturated rings. The molecule has 0 aliphatic heterocycles. The molecule has 98 valence electrons. The summed E-state index contributed by atoms with van der Waals surface area (Å²) in [5.41, 5.74) is 4.77. The zero-order valence-electron chi connectivity index (χ0n) is 10.1. The third-order valence-electron chi connectivity index (χ3n) is 2.72. The fourth-order valence-electron chi connectivity index (χ4n) is 1.46. The molecule has 2 N–H and O–H groups in total. The second-order valence-electron chi connectivity index (χ2n) is 4.93. The molecule has 0 amide bonds. The molecule has 0 aliphatic rings. The Kier molecular flexibility index (Phi) is 4.19. The molecule has 0 aliphatic carbocycles. The van der Waals surface area contributed by atoms with Crippen LogP contribution in [0.1, 0.15) is 32.4 Å². The Hall–Kier alpha value is -1.04. The summed E-state index contributed by atoms with van der Waals surface area (Å²) in [6, 6.07) is 0.994. The van der Waals surface area contributed by atoms with Crippen LogP contribution >= 0.6 is 0 Å². The van der Waals surface area contributed by atoms with Gasteiger partial charge < -0.3 is 5.73 Å². The van der Waals surface area contributed by atoms with Crippen molar-refractivity contribution in [2.45, 2.75) is 39.4 Å². The average Bonchev–Trinajstić information content (AvgIpc) is 2.66. The van der Waals surface area contributed by atoms with Gasteiger partial charge in [-0.15, -0.1) is 0 Å². The van der Waals surface area contributed by atoms with Gasteiger partial charge in [0, 0.05) is 12.7 Å². The van der Waals surface area contributed by atoms with Gasteiger partial charge in [-0.1, -0.05) is 13.8 Å². The Labute approximate surface area is 98.8 Å². The van der Waals surface area contributed by atoms with Crippen molar-refractivity contribution in [2.24, 2.45) is 11.1 Å². The molecule has 1 aromatic heterocycles. The van der Waals surface area contributed by atoms with Gasteiger partial charge in [0.15, 0.2) is 5.69 Å². The quantitative estimate of drug-likeness (QED) is 0.871. The summed E-state index contributed by atoms with van der Waals surface area (Å²) in [7, 11) is 0. The number of hydrogen-bond acceptors (Lipinski definition) is 2. The Bertz CT molecular complexity index is 355. The number of hydrogen-bond donors (Lipinski definition) is 1. The monoisotopic (exact) mass is 249 g/mol. The fraction of sp³-hybridized carbons (Fsp3) is 0.727. The maximum Gasteiger partial charge on any atom is 0.435 e. The minimum atomic E-state index is -4.36. The SMILES string of the molecule is CC(C)(CN)CCCn1ccc(C(F)(F)F)n1. The van der Waals surface area contributed by atoms with Gasteiger partial charge in [0.05, 0.1) is 0 Å². The number of alkyl halides is 3. The van der Waals surface area contributed by atoms with E-state index >= 15 is 0 Å². The van der Waals surface area contributed by atoms with Crippen LogP contribution in [0.5, 0.6) is 0 Å². The topological polar surface area (TPSA) is 43.8 Å². The average molecular weight is 249 g/mol. The number of aryl methyl sites for hydroxylation is 1. The first-order chi connectivity index (χ1) is 7.74. The van der Waals surface area contributed by atoms with E-state index < -0.39 is 11.9 Å². The molecule has 6 heteroatoms. The zero-order chi connectivity index (χ0) is 13.1. The second-order valence-corrected chi connectivity index (χ2v) is 4.93. The maximum atomic E-state index is 12.3. The van der Waals surface area contributed by atoms with Crippen molar-refractivity contribution < 1.29 is 13.2 Å². The Morgan fingerprint density at radius 1 is 1.35 bits per heavy atom. The van der Waals surface area contributed by atoms with Crippen LogP contribution < -0.4 is 5.73 Å². The molecule has 0 unspecified atom stereocenters. The molecular weight excluding hydrogens is 231 g/mol. The van der Waals surface area contributed by atoms with Crippen molar-refractivity contribution in [3.63, 3.8) is 0 Å². The molecule has 0 aromatic carbocycles. The van der Waals surface area contributed by atoms with Crippen LogP contribution in [0.3, 0.4) is 0 Å². The largest absolute Gasteiger partial charge is 0.435 e. The molecule has 17 heavy (non-hydrogen) atoms. The minimum absolute atomic E-state index is 0.0278. The first kappa shape index (κ1) is 14.0. The van der Waals surface area contributed by atoms with Gasteiger partial charge in [-0.25, -0.2) is 0 Å². The molecule has 0 bridgehead atoms. The number of halogens is 3. The van der Waals surface area contributed by atoms with Gasteiger partial charge in [-0.2, -0.15) is 18.3 Å². The van der Waals surface area contributed by atoms with E-state index in [9.17, 15) is 13.2 Å². The Balaban J connectivity index is 2.46. The van der Waals surface area contributed by atoms with E-state index in [1.807, 2.05) is 13.8 Å². The highest BCUT2D eigenvalue weighted by Gasteiger charge is 2.33. The van der Waals surface area contributed by atoms with E-state index in [0.29, 0.717) is 13.1 Å². The molecule has 1 aromatic rings. The molecule has 3 nitrogen and oxygen atoms in total. The molecule has 1 rings (SSSR count). The van der Waals surface area contributed by atoms with Crippen LogP contribution in [0.4, 0.5) is 13.2 Å². The van der Waals surface area contributed by atoms with Crippen molar-refractivity contribution in [2.75, 3.05) is 6.54 Å². The zero-order valence-corrected chi connectivity index (χ0v) is 10.1. The van der Waals surface area contributed by atoms with Crippen molar-refractivity contribution >= 4 is 0 Å². The maximum absolute atomic E-state index is 12.3. The standard InChI is InChI=1S/C11H18F3N3/c1-10(2,8-15)5-3-6-17-7-4-9(16-17)11(12,13)14/h4,7H,3,5-6,8,15H2,1-2H3. The summed E-state index contributed by atoms with van der Waals surface area (Å²) >= 11 is 0. The molecule has 0 saturated carbocycles. The van der Waals surface area contributed by atoms with Crippen LogP contribution in [0.2, 0.25) is 0 Å². The molecule has 0 saturated heterocycles. The van der Waals surface area contributed by atoms with Crippen molar-refractivity contribution in [1.82, 2.24) is 9.78 Å². The van der Waals surface area contributed by atoms with E-state index in [4.69, 9.17) is 5.73 Å². The number of nitrogens with two attached hydrogens (primary N) is 1. The highest BCUT2D eigenvalue weighted by Crippen LogP contribution is 2.27. The lowest BCUT2D eigenvalue weighted by Crippen LogP contribution is -2.23. The van der Waals surface area contributed by atoms with E-state index in [0.717, 1.165) is 18.9 Å². The van der Waals surface area contributed by atoms with Crippen molar-refractivity contribution in [1.29, 1.82) is 0 Å². The summed E-state index contributed by atoms with van der Waals surface area (Å²) in [6.45, 7) is 5.13. The minimum Gasteiger partial charge on any atom is -0.330 e. The van der Waals surface area contributed by atoms with Crippen LogP contribution in [-0.4, -0.2) is 16.3 Å². The van der Waals surface area contributed by atoms with Gasteiger partial charge >= 0.3 is 6.18 Å². The predicted molar refractivity (Wildman–Crippen MR) is 59.3 cm³/mol. The summed E-state index contributed by atoms with van der Waals surface area (Å²) in [6.07, 6.45) is -1.37. The molecule has 0 radical (unpaired) electrons. The van der Waals surface area contributed by atoms with E-state index in [1.165, 1.54) is 10.9 Å². The Morgan fingerprint density at radius 3 is 2.47 bits per heavy atom. The highest BCUT2D eigenvalue weighted by molar-refractivity contribution is 5.03. The van der Waals surface area contributed by atoms with Gasteiger partial charge in [0.2, 0.25) is 0 Å². The van der Waals surface area contributed by atoms with E-state index in [-0.39, 0.29) is 5.41 Å². The van der Waals surface area contributed by atoms with Crippen LogP contribution in [-0.2, 0) is 12.7 Å². The van der Waals surface area contributed by atoms with E-state index in [2.05, 4.69) is 5.10 Å². The smallest absolute Gasteiger partial charge is 0.330 e. The number of aromatic nitrogens is 2. The summed E-state index contributed by atoms with van der Waals surface area (Å²) in [4.78, 5) is 0. The summed E-state index contributed by atoms with van der Waals surface area (Å²) in [5.74, 6) is 0. The molecule has 0 spiro atoms. The summed E-state index contributed by atoms with van der Waals surface area (Å²) < 4.78 is 38.2. The predicted octanol–water partition coefficient (Wildman–Crippen LogP) is 2.67. The lowest BCUT2D eigenvalue weighted by atomic mass is 9.88. The first-order valence-electron chi connectivity index (χ1n) is 5.55. The van der Waals surface area contributed by atoms with Gasteiger partial charge in [0.1, 0.15) is 0 Å². The third-order valence-corrected chi connectivity index (χ3v) is 2.72. The van der Waals surface area contributed by atoms with Crippen LogP contribution in [0, 0.1) is 5.41 Å². The normalized spacial score (nSPS) is 13.1. The fourth-order valence-corrected chi connectivity index (χ4v) is 1.46. The van der Waals surface area contributed by atoms with Gasteiger partial charge in [-0.05, 0) is 30.9 Å². The lowest BCUT2D eigenvalue weighted by molar-refractivity contribution is -0.141. The highest BCUT2D eigenvalue weighted by atomic mass is 19.4.